The minimum absolute atomic E-state index is 0.814. The van der Waals surface area contributed by atoms with Gasteiger partial charge in [0.2, 0.25) is 0 Å². The van der Waals surface area contributed by atoms with Gasteiger partial charge in [-0.05, 0) is 28.1 Å². The third-order valence-electron chi connectivity index (χ3n) is 2.13. The molecule has 0 bridgehead atoms. The van der Waals surface area contributed by atoms with Gasteiger partial charge in [0, 0.05) is 29.8 Å². The van der Waals surface area contributed by atoms with Crippen molar-refractivity contribution in [3.05, 3.63) is 47.1 Å². The molecule has 0 aliphatic rings. The quantitative estimate of drug-likeness (QED) is 0.855. The molecular weight excluding hydrogens is 256 g/mol. The fourth-order valence-corrected chi connectivity index (χ4v) is 1.71. The lowest BCUT2D eigenvalue weighted by Gasteiger charge is -2.17. The molecule has 0 amide bonds. The first-order valence-corrected chi connectivity index (χ1v) is 5.38. The number of furan rings is 1. The van der Waals surface area contributed by atoms with Crippen molar-refractivity contribution in [2.45, 2.75) is 6.54 Å². The number of hydrogen-bond acceptors (Lipinski definition) is 3. The van der Waals surface area contributed by atoms with Crippen LogP contribution in [0.15, 0.2) is 45.9 Å². The number of nitrogens with zero attached hydrogens (tertiary/aromatic N) is 2. The van der Waals surface area contributed by atoms with Crippen molar-refractivity contribution in [2.24, 2.45) is 0 Å². The van der Waals surface area contributed by atoms with Crippen LogP contribution in [0.5, 0.6) is 0 Å². The van der Waals surface area contributed by atoms with Gasteiger partial charge in [-0.25, -0.2) is 0 Å². The minimum atomic E-state index is 0.814. The van der Waals surface area contributed by atoms with Gasteiger partial charge in [0.25, 0.3) is 0 Å². The zero-order chi connectivity index (χ0) is 10.7. The van der Waals surface area contributed by atoms with Crippen molar-refractivity contribution in [1.29, 1.82) is 0 Å². The number of pyridine rings is 1. The van der Waals surface area contributed by atoms with E-state index in [9.17, 15) is 0 Å². The fraction of sp³-hybridized carbons (Fsp3) is 0.182. The van der Waals surface area contributed by atoms with Crippen LogP contribution >= 0.6 is 15.9 Å². The number of hydrogen-bond donors (Lipinski definition) is 0. The van der Waals surface area contributed by atoms with Gasteiger partial charge in [-0.15, -0.1) is 0 Å². The van der Waals surface area contributed by atoms with E-state index in [4.69, 9.17) is 4.42 Å². The molecule has 0 aliphatic carbocycles. The third-order valence-corrected chi connectivity index (χ3v) is 2.56. The highest BCUT2D eigenvalue weighted by Crippen LogP contribution is 2.18. The average molecular weight is 267 g/mol. The Balaban J connectivity index is 2.11. The SMILES string of the molecule is CN(Cc1ccoc1)c1cncc(Br)c1. The molecule has 0 atom stereocenters. The number of halogens is 1. The van der Waals surface area contributed by atoms with E-state index in [1.54, 1.807) is 18.7 Å². The van der Waals surface area contributed by atoms with Crippen LogP contribution in [0.3, 0.4) is 0 Å². The van der Waals surface area contributed by atoms with Gasteiger partial charge in [-0.3, -0.25) is 4.98 Å². The van der Waals surface area contributed by atoms with Gasteiger partial charge in [0.05, 0.1) is 24.4 Å². The van der Waals surface area contributed by atoms with E-state index in [2.05, 4.69) is 25.8 Å². The van der Waals surface area contributed by atoms with Crippen LogP contribution in [0.1, 0.15) is 5.56 Å². The predicted molar refractivity (Wildman–Crippen MR) is 62.8 cm³/mol. The molecule has 2 heterocycles. The Labute approximate surface area is 96.9 Å². The van der Waals surface area contributed by atoms with E-state index in [-0.39, 0.29) is 0 Å². The summed E-state index contributed by atoms with van der Waals surface area (Å²) in [5.41, 5.74) is 2.23. The van der Waals surface area contributed by atoms with Crippen molar-refractivity contribution in [1.82, 2.24) is 4.98 Å². The molecule has 0 aliphatic heterocycles. The van der Waals surface area contributed by atoms with Crippen LogP contribution in [-0.2, 0) is 6.54 Å². The highest BCUT2D eigenvalue weighted by atomic mass is 79.9. The summed E-state index contributed by atoms with van der Waals surface area (Å²) >= 11 is 3.40. The number of anilines is 1. The molecular formula is C11H11BrN2O. The van der Waals surface area contributed by atoms with E-state index >= 15 is 0 Å². The zero-order valence-electron chi connectivity index (χ0n) is 8.35. The van der Waals surface area contributed by atoms with E-state index < -0.39 is 0 Å². The molecule has 4 heteroatoms. The Morgan fingerprint density at radius 1 is 1.47 bits per heavy atom. The Kier molecular flexibility index (Phi) is 3.06. The molecule has 0 spiro atoms. The lowest BCUT2D eigenvalue weighted by molar-refractivity contribution is 0.563. The molecule has 0 N–H and O–H groups in total. The molecule has 3 nitrogen and oxygen atoms in total. The molecule has 0 radical (unpaired) electrons. The Morgan fingerprint density at radius 2 is 2.33 bits per heavy atom. The number of rotatable bonds is 3. The lowest BCUT2D eigenvalue weighted by Crippen LogP contribution is -2.15. The normalized spacial score (nSPS) is 10.3. The largest absolute Gasteiger partial charge is 0.472 e. The smallest absolute Gasteiger partial charge is 0.0952 e. The Bertz CT molecular complexity index is 428. The van der Waals surface area contributed by atoms with Crippen molar-refractivity contribution in [2.75, 3.05) is 11.9 Å². The van der Waals surface area contributed by atoms with Crippen molar-refractivity contribution < 1.29 is 4.42 Å². The summed E-state index contributed by atoms with van der Waals surface area (Å²) in [6, 6.07) is 4.00. The maximum absolute atomic E-state index is 5.02. The zero-order valence-corrected chi connectivity index (χ0v) is 9.94. The van der Waals surface area contributed by atoms with Crippen molar-refractivity contribution >= 4 is 21.6 Å². The van der Waals surface area contributed by atoms with Crippen LogP contribution < -0.4 is 4.90 Å². The Morgan fingerprint density at radius 3 is 3.00 bits per heavy atom. The molecule has 2 aromatic rings. The Hall–Kier alpha value is -1.29. The first kappa shape index (κ1) is 10.2. The number of aromatic nitrogens is 1. The molecule has 2 aromatic heterocycles. The van der Waals surface area contributed by atoms with Gasteiger partial charge in [-0.2, -0.15) is 0 Å². The first-order valence-electron chi connectivity index (χ1n) is 4.58. The van der Waals surface area contributed by atoms with Gasteiger partial charge in [0.1, 0.15) is 0 Å². The molecule has 15 heavy (non-hydrogen) atoms. The molecule has 0 aromatic carbocycles. The maximum Gasteiger partial charge on any atom is 0.0952 e. The lowest BCUT2D eigenvalue weighted by atomic mass is 10.3. The molecule has 0 unspecified atom stereocenters. The van der Waals surface area contributed by atoms with Crippen LogP contribution in [0.25, 0.3) is 0 Å². The second kappa shape index (κ2) is 4.49. The molecule has 2 rings (SSSR count). The van der Waals surface area contributed by atoms with Crippen molar-refractivity contribution in [3.63, 3.8) is 0 Å². The predicted octanol–water partition coefficient (Wildman–Crippen LogP) is 3.07. The fourth-order valence-electron chi connectivity index (χ4n) is 1.36. The highest BCUT2D eigenvalue weighted by molar-refractivity contribution is 9.10. The summed E-state index contributed by atoms with van der Waals surface area (Å²) in [5, 5.41) is 0. The summed E-state index contributed by atoms with van der Waals surface area (Å²) in [4.78, 5) is 6.24. The topological polar surface area (TPSA) is 29.3 Å². The molecule has 0 fully saturated rings. The summed E-state index contributed by atoms with van der Waals surface area (Å²) in [6.45, 7) is 0.814. The van der Waals surface area contributed by atoms with Gasteiger partial charge in [-0.1, -0.05) is 0 Å². The highest BCUT2D eigenvalue weighted by Gasteiger charge is 2.03. The molecule has 0 saturated heterocycles. The van der Waals surface area contributed by atoms with Gasteiger partial charge < -0.3 is 9.32 Å². The van der Waals surface area contributed by atoms with Crippen LogP contribution in [0.2, 0.25) is 0 Å². The van der Waals surface area contributed by atoms with Gasteiger partial charge >= 0.3 is 0 Å². The summed E-state index contributed by atoms with van der Waals surface area (Å²) in [5.74, 6) is 0. The second-order valence-electron chi connectivity index (χ2n) is 3.35. The monoisotopic (exact) mass is 266 g/mol. The molecule has 0 saturated carbocycles. The van der Waals surface area contributed by atoms with Crippen LogP contribution in [-0.4, -0.2) is 12.0 Å². The van der Waals surface area contributed by atoms with E-state index in [1.807, 2.05) is 25.4 Å². The second-order valence-corrected chi connectivity index (χ2v) is 4.26. The van der Waals surface area contributed by atoms with Crippen LogP contribution in [0, 0.1) is 0 Å². The van der Waals surface area contributed by atoms with E-state index in [0.29, 0.717) is 0 Å². The van der Waals surface area contributed by atoms with E-state index in [0.717, 1.165) is 22.3 Å². The summed E-state index contributed by atoms with van der Waals surface area (Å²) in [7, 11) is 2.02. The minimum Gasteiger partial charge on any atom is -0.472 e. The summed E-state index contributed by atoms with van der Waals surface area (Å²) in [6.07, 6.45) is 7.05. The first-order chi connectivity index (χ1) is 7.25. The van der Waals surface area contributed by atoms with Gasteiger partial charge in [0.15, 0.2) is 0 Å². The third kappa shape index (κ3) is 2.59. The standard InChI is InChI=1S/C11H11BrN2O/c1-14(7-9-2-3-15-8-9)11-4-10(12)5-13-6-11/h2-6,8H,7H2,1H3. The summed E-state index contributed by atoms with van der Waals surface area (Å²) < 4.78 is 6.01. The van der Waals surface area contributed by atoms with E-state index in [1.165, 1.54) is 0 Å². The van der Waals surface area contributed by atoms with Crippen molar-refractivity contribution in [3.8, 4) is 0 Å². The molecule has 78 valence electrons. The maximum atomic E-state index is 5.02. The van der Waals surface area contributed by atoms with Crippen LogP contribution in [0.4, 0.5) is 5.69 Å². The average Bonchev–Trinajstić information content (AvgIpc) is 2.70.